The molecule has 0 amide bonds. The molecule has 1 aromatic rings. The van der Waals surface area contributed by atoms with Crippen LogP contribution in [0.2, 0.25) is 0 Å². The van der Waals surface area contributed by atoms with Crippen molar-refractivity contribution in [2.45, 2.75) is 3.43 Å². The number of carbonyl (C=O) groups is 1. The first-order valence-electron chi connectivity index (χ1n) is 3.42. The Morgan fingerprint density at radius 3 is 2.33 bits per heavy atom. The van der Waals surface area contributed by atoms with Crippen LogP contribution in [0.4, 0.5) is 4.39 Å². The summed E-state index contributed by atoms with van der Waals surface area (Å²) in [5, 5.41) is 8.66. The van der Waals surface area contributed by atoms with Crippen LogP contribution in [0.1, 0.15) is 8.99 Å². The Morgan fingerprint density at radius 1 is 1.42 bits per heavy atom. The first kappa shape index (κ1) is 9.64. The summed E-state index contributed by atoms with van der Waals surface area (Å²) in [4.78, 5) is 10.5. The molecule has 59 valence electrons. The molecular formula is C8H6FHgO2. The number of carboxylic acid groups (broad SMARTS) is 1. The molecule has 0 saturated carbocycles. The molecule has 0 aliphatic rings. The summed E-state index contributed by atoms with van der Waals surface area (Å²) < 4.78 is 12.0. The van der Waals surface area contributed by atoms with Gasteiger partial charge in [-0.25, -0.2) is 0 Å². The van der Waals surface area contributed by atoms with Crippen molar-refractivity contribution in [3.8, 4) is 0 Å². The third kappa shape index (κ3) is 2.27. The van der Waals surface area contributed by atoms with Gasteiger partial charge in [-0.1, -0.05) is 0 Å². The fourth-order valence-electron chi connectivity index (χ4n) is 0.838. The summed E-state index contributed by atoms with van der Waals surface area (Å²) >= 11 is 0.126. The number of benzene rings is 1. The van der Waals surface area contributed by atoms with E-state index in [4.69, 9.17) is 5.11 Å². The van der Waals surface area contributed by atoms with E-state index in [0.29, 0.717) is 5.56 Å². The van der Waals surface area contributed by atoms with E-state index < -0.39 is 5.97 Å². The van der Waals surface area contributed by atoms with E-state index in [0.717, 1.165) is 0 Å². The second kappa shape index (κ2) is 3.98. The average molecular weight is 354 g/mol. The van der Waals surface area contributed by atoms with Crippen LogP contribution in [0.3, 0.4) is 0 Å². The van der Waals surface area contributed by atoms with Gasteiger partial charge in [-0.15, -0.1) is 0 Å². The number of halogens is 1. The Balaban J connectivity index is 2.89. The molecule has 0 spiro atoms. The van der Waals surface area contributed by atoms with Gasteiger partial charge in [-0.3, -0.25) is 0 Å². The molecule has 1 unspecified atom stereocenters. The van der Waals surface area contributed by atoms with Crippen molar-refractivity contribution in [2.75, 3.05) is 0 Å². The summed E-state index contributed by atoms with van der Waals surface area (Å²) in [7, 11) is 0. The van der Waals surface area contributed by atoms with Crippen molar-refractivity contribution >= 4 is 5.97 Å². The first-order valence-corrected chi connectivity index (χ1v) is 6.60. The van der Waals surface area contributed by atoms with Crippen LogP contribution in [0.25, 0.3) is 0 Å². The molecule has 1 atom stereocenters. The van der Waals surface area contributed by atoms with Crippen molar-refractivity contribution in [3.63, 3.8) is 0 Å². The molecule has 1 aromatic carbocycles. The standard InChI is InChI=1S/C8H6FO2.Hg/c9-7-3-1-6(2-4-7)5-8(10)11;/h1-5H,(H,10,11);. The molecule has 0 fully saturated rings. The van der Waals surface area contributed by atoms with Crippen LogP contribution >= 0.6 is 0 Å². The molecule has 0 bridgehead atoms. The molecule has 0 aliphatic heterocycles. The molecule has 2 nitrogen and oxygen atoms in total. The van der Waals surface area contributed by atoms with E-state index >= 15 is 0 Å². The molecule has 1 N–H and O–H groups in total. The molecule has 0 aromatic heterocycles. The van der Waals surface area contributed by atoms with Crippen LogP contribution < -0.4 is 0 Å². The average Bonchev–Trinajstić information content (AvgIpc) is 2.04. The second-order valence-electron chi connectivity index (χ2n) is 2.44. The molecule has 0 radical (unpaired) electrons. The molecule has 4 heteroatoms. The fraction of sp³-hybridized carbons (Fsp3) is 0.125. The predicted octanol–water partition coefficient (Wildman–Crippen LogP) is 1.50. The summed E-state index contributed by atoms with van der Waals surface area (Å²) in [6.07, 6.45) is 0. The van der Waals surface area contributed by atoms with E-state index in [2.05, 4.69) is 0 Å². The number of carboxylic acids is 1. The maximum atomic E-state index is 12.4. The van der Waals surface area contributed by atoms with E-state index in [1.165, 1.54) is 24.3 Å². The molecular weight excluding hydrogens is 348 g/mol. The van der Waals surface area contributed by atoms with Gasteiger partial charge < -0.3 is 0 Å². The summed E-state index contributed by atoms with van der Waals surface area (Å²) in [6.45, 7) is 0. The number of aliphatic carboxylic acids is 1. The Bertz CT molecular complexity index is 284. The monoisotopic (exact) mass is 355 g/mol. The quantitative estimate of drug-likeness (QED) is 0.818. The van der Waals surface area contributed by atoms with Crippen LogP contribution in [0, 0.1) is 5.82 Å². The Hall–Kier alpha value is -0.445. The van der Waals surface area contributed by atoms with Crippen molar-refractivity contribution in [3.05, 3.63) is 35.6 Å². The molecule has 1 rings (SSSR count). The summed E-state index contributed by atoms with van der Waals surface area (Å²) in [5.74, 6) is -1.14. The van der Waals surface area contributed by atoms with Gasteiger partial charge in [0.05, 0.1) is 0 Å². The van der Waals surface area contributed by atoms with Gasteiger partial charge in [0.15, 0.2) is 0 Å². The number of hydrogen-bond acceptors (Lipinski definition) is 1. The maximum absolute atomic E-state index is 12.4. The van der Waals surface area contributed by atoms with Gasteiger partial charge in [0.2, 0.25) is 0 Å². The predicted molar refractivity (Wildman–Crippen MR) is 36.8 cm³/mol. The summed E-state index contributed by atoms with van der Waals surface area (Å²) in [5.41, 5.74) is 0.701. The Morgan fingerprint density at radius 2 is 1.92 bits per heavy atom. The molecule has 0 saturated heterocycles. The molecule has 12 heavy (non-hydrogen) atoms. The zero-order valence-corrected chi connectivity index (χ0v) is 11.8. The zero-order chi connectivity index (χ0) is 9.14. The van der Waals surface area contributed by atoms with Crippen molar-refractivity contribution < 1.29 is 40.4 Å². The SMILES string of the molecule is O=C(O)[CH]([Hg])c1ccc(F)cc1. The van der Waals surface area contributed by atoms with E-state index in [9.17, 15) is 9.18 Å². The zero-order valence-electron chi connectivity index (χ0n) is 6.33. The fourth-order valence-corrected chi connectivity index (χ4v) is 1.90. The van der Waals surface area contributed by atoms with Gasteiger partial charge in [-0.05, 0) is 0 Å². The van der Waals surface area contributed by atoms with E-state index in [1.54, 1.807) is 0 Å². The molecule has 0 aliphatic carbocycles. The van der Waals surface area contributed by atoms with Crippen LogP contribution in [0.5, 0.6) is 0 Å². The first-order chi connectivity index (χ1) is 5.61. The van der Waals surface area contributed by atoms with Gasteiger partial charge >= 0.3 is 85.5 Å². The number of hydrogen-bond donors (Lipinski definition) is 1. The van der Waals surface area contributed by atoms with Gasteiger partial charge in [0.1, 0.15) is 0 Å². The third-order valence-corrected chi connectivity index (χ3v) is 4.76. The minimum absolute atomic E-state index is 0.126. The molecule has 0 heterocycles. The Labute approximate surface area is 85.4 Å². The van der Waals surface area contributed by atoms with Gasteiger partial charge in [0.25, 0.3) is 0 Å². The van der Waals surface area contributed by atoms with Crippen molar-refractivity contribution in [1.29, 1.82) is 0 Å². The van der Waals surface area contributed by atoms with Gasteiger partial charge in [-0.2, -0.15) is 0 Å². The summed E-state index contributed by atoms with van der Waals surface area (Å²) in [6, 6.07) is 5.64. The van der Waals surface area contributed by atoms with Crippen LogP contribution in [0.15, 0.2) is 24.3 Å². The topological polar surface area (TPSA) is 37.3 Å². The van der Waals surface area contributed by atoms with Crippen molar-refractivity contribution in [1.82, 2.24) is 0 Å². The normalized spacial score (nSPS) is 12.6. The van der Waals surface area contributed by atoms with Crippen LogP contribution in [-0.2, 0) is 30.9 Å². The minimum atomic E-state index is -0.815. The van der Waals surface area contributed by atoms with Gasteiger partial charge in [0, 0.05) is 0 Å². The van der Waals surface area contributed by atoms with E-state index in [-0.39, 0.29) is 35.4 Å². The van der Waals surface area contributed by atoms with E-state index in [1.807, 2.05) is 0 Å². The van der Waals surface area contributed by atoms with Crippen LogP contribution in [-0.4, -0.2) is 11.1 Å². The Kier molecular flexibility index (Phi) is 3.20. The third-order valence-electron chi connectivity index (χ3n) is 1.57. The second-order valence-corrected chi connectivity index (χ2v) is 5.62. The van der Waals surface area contributed by atoms with Crippen molar-refractivity contribution in [2.24, 2.45) is 0 Å². The number of rotatable bonds is 2.